The summed E-state index contributed by atoms with van der Waals surface area (Å²) in [4.78, 5) is 5.05. The zero-order valence-corrected chi connectivity index (χ0v) is 35.1. The molecule has 5 rings (SSSR count). The average molecular weight is 721 g/mol. The van der Waals surface area contributed by atoms with Crippen molar-refractivity contribution in [1.82, 2.24) is 0 Å². The molecule has 0 radical (unpaired) electrons. The topological polar surface area (TPSA) is 63.6 Å². The number of hydrogen-bond donors (Lipinski definition) is 1. The molecule has 0 aromatic heterocycles. The van der Waals surface area contributed by atoms with Crippen LogP contribution in [0.5, 0.6) is 0 Å². The molecule has 2 aromatic rings. The molecule has 7 heteroatoms. The van der Waals surface area contributed by atoms with Crippen LogP contribution in [0.1, 0.15) is 146 Å². The molecule has 0 spiro atoms. The van der Waals surface area contributed by atoms with Gasteiger partial charge in [0.1, 0.15) is 0 Å². The van der Waals surface area contributed by atoms with Crippen LogP contribution in [-0.2, 0) is 30.5 Å². The van der Waals surface area contributed by atoms with Crippen LogP contribution in [0.4, 0.5) is 22.7 Å². The molecule has 52 heavy (non-hydrogen) atoms. The summed E-state index contributed by atoms with van der Waals surface area (Å²) in [5.74, 6) is -1.72. The van der Waals surface area contributed by atoms with E-state index in [4.69, 9.17) is 18.9 Å². The van der Waals surface area contributed by atoms with E-state index < -0.39 is 11.6 Å². The van der Waals surface area contributed by atoms with E-state index >= 15 is 0 Å². The maximum Gasteiger partial charge on any atom is 0.200 e. The summed E-state index contributed by atoms with van der Waals surface area (Å²) >= 11 is 0. The SMILES string of the molecule is CCCCCC1COC(c2ccc3c(c2)N(CC(C)(C)C)c2ccc(C4(C(C)(C)C)OCC(CCCCO)O4)cc2N3CC(C)(C)C)(C(C)(C)C)O1. The number of anilines is 4. The van der Waals surface area contributed by atoms with Gasteiger partial charge in [-0.15, -0.1) is 0 Å². The fraction of sp³-hybridized carbons (Fsp3) is 0.733. The highest BCUT2D eigenvalue weighted by Crippen LogP contribution is 2.56. The number of benzene rings is 2. The zero-order valence-electron chi connectivity index (χ0n) is 35.1. The molecule has 2 fully saturated rings. The third-order valence-corrected chi connectivity index (χ3v) is 10.8. The summed E-state index contributed by atoms with van der Waals surface area (Å²) in [6.07, 6.45) is 7.25. The quantitative estimate of drug-likeness (QED) is 0.219. The van der Waals surface area contributed by atoms with Crippen molar-refractivity contribution < 1.29 is 24.1 Å². The fourth-order valence-electron chi connectivity index (χ4n) is 8.27. The molecule has 2 aromatic carbocycles. The molecular weight excluding hydrogens is 649 g/mol. The van der Waals surface area contributed by atoms with Crippen LogP contribution in [0.25, 0.3) is 0 Å². The van der Waals surface area contributed by atoms with Crippen LogP contribution in [-0.4, -0.2) is 50.2 Å². The van der Waals surface area contributed by atoms with Gasteiger partial charge in [-0.2, -0.15) is 0 Å². The minimum atomic E-state index is -0.887. The number of rotatable bonds is 12. The van der Waals surface area contributed by atoms with Crippen molar-refractivity contribution in [1.29, 1.82) is 0 Å². The summed E-state index contributed by atoms with van der Waals surface area (Å²) in [5, 5.41) is 9.40. The number of hydrogen-bond acceptors (Lipinski definition) is 7. The van der Waals surface area contributed by atoms with Gasteiger partial charge < -0.3 is 33.9 Å². The molecule has 4 atom stereocenters. The molecule has 0 amide bonds. The van der Waals surface area contributed by atoms with Gasteiger partial charge in [-0.05, 0) is 60.8 Å². The van der Waals surface area contributed by atoms with Gasteiger partial charge in [-0.1, -0.05) is 121 Å². The molecule has 2 saturated heterocycles. The third kappa shape index (κ3) is 8.39. The molecule has 4 unspecified atom stereocenters. The Balaban J connectivity index is 1.65. The Morgan fingerprint density at radius 2 is 1.00 bits per heavy atom. The van der Waals surface area contributed by atoms with Crippen LogP contribution in [0.3, 0.4) is 0 Å². The molecule has 0 bridgehead atoms. The predicted molar refractivity (Wildman–Crippen MR) is 215 cm³/mol. The summed E-state index contributed by atoms with van der Waals surface area (Å²) in [5.41, 5.74) is 6.31. The van der Waals surface area contributed by atoms with E-state index in [0.717, 1.165) is 56.3 Å². The lowest BCUT2D eigenvalue weighted by molar-refractivity contribution is -0.242. The van der Waals surface area contributed by atoms with Gasteiger partial charge >= 0.3 is 0 Å². The van der Waals surface area contributed by atoms with Crippen LogP contribution in [0.2, 0.25) is 0 Å². The molecule has 1 N–H and O–H groups in total. The number of unbranched alkanes of at least 4 members (excludes halogenated alkanes) is 3. The Morgan fingerprint density at radius 3 is 1.35 bits per heavy atom. The van der Waals surface area contributed by atoms with Gasteiger partial charge in [0.2, 0.25) is 0 Å². The van der Waals surface area contributed by atoms with Gasteiger partial charge in [0.05, 0.1) is 48.2 Å². The number of nitrogens with zero attached hydrogens (tertiary/aromatic N) is 2. The lowest BCUT2D eigenvalue weighted by Gasteiger charge is -2.47. The Hall–Kier alpha value is -2.16. The van der Waals surface area contributed by atoms with Crippen molar-refractivity contribution in [2.24, 2.45) is 21.7 Å². The molecule has 3 aliphatic rings. The zero-order chi connectivity index (χ0) is 38.3. The second kappa shape index (κ2) is 15.2. The first-order valence-electron chi connectivity index (χ1n) is 20.2. The van der Waals surface area contributed by atoms with Crippen LogP contribution in [0, 0.1) is 21.7 Å². The molecule has 3 heterocycles. The van der Waals surface area contributed by atoms with E-state index in [9.17, 15) is 5.11 Å². The fourth-order valence-corrected chi connectivity index (χ4v) is 8.27. The lowest BCUT2D eigenvalue weighted by Crippen LogP contribution is -2.43. The van der Waals surface area contributed by atoms with Crippen molar-refractivity contribution in [3.05, 3.63) is 47.5 Å². The highest BCUT2D eigenvalue weighted by atomic mass is 16.8. The maximum atomic E-state index is 9.40. The molecule has 292 valence electrons. The molecule has 3 aliphatic heterocycles. The monoisotopic (exact) mass is 721 g/mol. The summed E-state index contributed by atoms with van der Waals surface area (Å²) in [6, 6.07) is 13.8. The first kappa shape index (κ1) is 41.0. The number of aliphatic hydroxyl groups is 1. The second-order valence-corrected chi connectivity index (χ2v) is 20.3. The van der Waals surface area contributed by atoms with Gasteiger partial charge in [-0.3, -0.25) is 0 Å². The Morgan fingerprint density at radius 1 is 0.596 bits per heavy atom. The van der Waals surface area contributed by atoms with Crippen molar-refractivity contribution in [3.8, 4) is 0 Å². The van der Waals surface area contributed by atoms with Crippen molar-refractivity contribution >= 4 is 22.7 Å². The van der Waals surface area contributed by atoms with Gasteiger partial charge in [-0.25, -0.2) is 0 Å². The summed E-state index contributed by atoms with van der Waals surface area (Å²) < 4.78 is 27.5. The van der Waals surface area contributed by atoms with Crippen molar-refractivity contribution in [2.45, 2.75) is 159 Å². The average Bonchev–Trinajstić information content (AvgIpc) is 3.68. The molecule has 0 aliphatic carbocycles. The summed E-state index contributed by atoms with van der Waals surface area (Å²) in [7, 11) is 0. The van der Waals surface area contributed by atoms with Crippen LogP contribution in [0.15, 0.2) is 36.4 Å². The van der Waals surface area contributed by atoms with Gasteiger partial charge in [0.25, 0.3) is 0 Å². The van der Waals surface area contributed by atoms with Gasteiger partial charge in [0.15, 0.2) is 11.6 Å². The highest BCUT2D eigenvalue weighted by Gasteiger charge is 2.54. The lowest BCUT2D eigenvalue weighted by atomic mass is 9.79. The highest BCUT2D eigenvalue weighted by molar-refractivity contribution is 5.94. The van der Waals surface area contributed by atoms with Crippen LogP contribution >= 0.6 is 0 Å². The smallest absolute Gasteiger partial charge is 0.200 e. The Kier molecular flexibility index (Phi) is 12.0. The largest absolute Gasteiger partial charge is 0.396 e. The van der Waals surface area contributed by atoms with Crippen molar-refractivity contribution in [2.75, 3.05) is 42.7 Å². The van der Waals surface area contributed by atoms with E-state index in [1.807, 2.05) is 0 Å². The van der Waals surface area contributed by atoms with E-state index in [2.05, 4.69) is 136 Å². The molecular formula is C45H72N2O5. The first-order valence-corrected chi connectivity index (χ1v) is 20.2. The van der Waals surface area contributed by atoms with Crippen molar-refractivity contribution in [3.63, 3.8) is 0 Å². The number of aliphatic hydroxyl groups excluding tert-OH is 1. The minimum absolute atomic E-state index is 0.00886. The second-order valence-electron chi connectivity index (χ2n) is 20.3. The van der Waals surface area contributed by atoms with E-state index in [1.54, 1.807) is 0 Å². The van der Waals surface area contributed by atoms with Crippen LogP contribution < -0.4 is 9.80 Å². The summed E-state index contributed by atoms with van der Waals surface area (Å²) in [6.45, 7) is 32.6. The minimum Gasteiger partial charge on any atom is -0.396 e. The van der Waals surface area contributed by atoms with E-state index in [-0.39, 0.29) is 40.5 Å². The number of fused-ring (bicyclic) bond motifs is 2. The standard InChI is InChI=1S/C45H72N2O5/c1-14-15-16-19-34-28-49-44(51-34,42(8,9)10)32-21-23-36-38(26-32)46(30-40(2,3)4)37-24-22-33(27-39(37)47(36)31-41(5,6)7)45(43(11,12)13)50-29-35(52-45)20-17-18-25-48/h21-24,26-27,34-35,48H,14-20,25,28-31H2,1-13H3. The maximum absolute atomic E-state index is 9.40. The third-order valence-electron chi connectivity index (χ3n) is 10.8. The number of ether oxygens (including phenoxy) is 4. The first-order chi connectivity index (χ1) is 24.1. The van der Waals surface area contributed by atoms with E-state index in [1.165, 1.54) is 35.6 Å². The Bertz CT molecular complexity index is 1400. The van der Waals surface area contributed by atoms with Gasteiger partial charge in [0, 0.05) is 41.7 Å². The Labute approximate surface area is 316 Å². The predicted octanol–water partition coefficient (Wildman–Crippen LogP) is 11.3. The molecule has 7 nitrogen and oxygen atoms in total. The molecule has 0 saturated carbocycles. The van der Waals surface area contributed by atoms with E-state index in [0.29, 0.717) is 13.2 Å². The normalized spacial score (nSPS) is 25.5.